The Labute approximate surface area is 157 Å². The lowest BCUT2D eigenvalue weighted by atomic mass is 10.1. The summed E-state index contributed by atoms with van der Waals surface area (Å²) < 4.78 is 15.7. The predicted octanol–water partition coefficient (Wildman–Crippen LogP) is 2.90. The van der Waals surface area contributed by atoms with Crippen LogP contribution in [0.1, 0.15) is 16.9 Å². The van der Waals surface area contributed by atoms with Gasteiger partial charge < -0.3 is 19.1 Å². The van der Waals surface area contributed by atoms with E-state index in [-0.39, 0.29) is 18.9 Å². The third-order valence-corrected chi connectivity index (χ3v) is 4.70. The maximum absolute atomic E-state index is 12.0. The molecule has 0 aliphatic rings. The van der Waals surface area contributed by atoms with Gasteiger partial charge in [-0.05, 0) is 29.5 Å². The zero-order valence-corrected chi connectivity index (χ0v) is 16.0. The molecule has 0 N–H and O–H groups in total. The van der Waals surface area contributed by atoms with Gasteiger partial charge in [0.1, 0.15) is 0 Å². The van der Waals surface area contributed by atoms with Crippen molar-refractivity contribution in [2.75, 3.05) is 27.9 Å². The van der Waals surface area contributed by atoms with Crippen LogP contribution in [0.15, 0.2) is 35.7 Å². The third kappa shape index (κ3) is 5.49. The van der Waals surface area contributed by atoms with E-state index in [9.17, 15) is 9.59 Å². The summed E-state index contributed by atoms with van der Waals surface area (Å²) in [4.78, 5) is 26.6. The molecule has 0 radical (unpaired) electrons. The quantitative estimate of drug-likeness (QED) is 0.629. The standard InChI is InChI=1S/C19H23NO5S/c1-20(12-15-7-5-11-26-15)17(21)13-25-18(22)10-9-14-6-4-8-16(23-2)19(14)24-3/h4-8,11H,9-10,12-13H2,1-3H3. The molecule has 0 saturated heterocycles. The number of para-hydroxylation sites is 1. The molecule has 0 saturated carbocycles. The van der Waals surface area contributed by atoms with Crippen LogP contribution in [-0.2, 0) is 27.3 Å². The normalized spacial score (nSPS) is 10.3. The lowest BCUT2D eigenvalue weighted by Gasteiger charge is -2.16. The summed E-state index contributed by atoms with van der Waals surface area (Å²) >= 11 is 1.58. The summed E-state index contributed by atoms with van der Waals surface area (Å²) in [5, 5.41) is 1.96. The van der Waals surface area contributed by atoms with Gasteiger partial charge in [0.25, 0.3) is 5.91 Å². The Morgan fingerprint density at radius 1 is 1.12 bits per heavy atom. The van der Waals surface area contributed by atoms with Gasteiger partial charge in [0.05, 0.1) is 20.8 Å². The highest BCUT2D eigenvalue weighted by Gasteiger charge is 2.15. The minimum Gasteiger partial charge on any atom is -0.493 e. The summed E-state index contributed by atoms with van der Waals surface area (Å²) in [5.41, 5.74) is 0.852. The molecule has 1 amide bonds. The molecule has 0 spiro atoms. The van der Waals surface area contributed by atoms with Crippen LogP contribution in [0.4, 0.5) is 0 Å². The predicted molar refractivity (Wildman–Crippen MR) is 99.6 cm³/mol. The number of methoxy groups -OCH3 is 2. The molecule has 0 aliphatic heterocycles. The monoisotopic (exact) mass is 377 g/mol. The van der Waals surface area contributed by atoms with Crippen LogP contribution in [0, 0.1) is 0 Å². The maximum Gasteiger partial charge on any atom is 0.306 e. The van der Waals surface area contributed by atoms with Gasteiger partial charge in [-0.2, -0.15) is 0 Å². The average Bonchev–Trinajstić information content (AvgIpc) is 3.16. The molecule has 1 aromatic carbocycles. The van der Waals surface area contributed by atoms with Gasteiger partial charge >= 0.3 is 5.97 Å². The fourth-order valence-electron chi connectivity index (χ4n) is 2.44. The highest BCUT2D eigenvalue weighted by molar-refractivity contribution is 7.09. The number of nitrogens with zero attached hydrogens (tertiary/aromatic N) is 1. The SMILES string of the molecule is COc1cccc(CCC(=O)OCC(=O)N(C)Cc2cccs2)c1OC. The largest absolute Gasteiger partial charge is 0.493 e. The van der Waals surface area contributed by atoms with E-state index in [1.807, 2.05) is 29.6 Å². The molecule has 26 heavy (non-hydrogen) atoms. The Hall–Kier alpha value is -2.54. The number of benzene rings is 1. The van der Waals surface area contributed by atoms with Gasteiger partial charge in [-0.25, -0.2) is 0 Å². The zero-order chi connectivity index (χ0) is 18.9. The molecule has 140 valence electrons. The number of thiophene rings is 1. The Kier molecular flexibility index (Phi) is 7.47. The minimum absolute atomic E-state index is 0.158. The maximum atomic E-state index is 12.0. The average molecular weight is 377 g/mol. The van der Waals surface area contributed by atoms with Crippen LogP contribution in [0.2, 0.25) is 0 Å². The number of hydrogen-bond acceptors (Lipinski definition) is 6. The molecule has 0 atom stereocenters. The lowest BCUT2D eigenvalue weighted by molar-refractivity contribution is -0.151. The molecule has 0 aliphatic carbocycles. The van der Waals surface area contributed by atoms with E-state index in [1.165, 1.54) is 0 Å². The van der Waals surface area contributed by atoms with Gasteiger partial charge in [0, 0.05) is 18.3 Å². The van der Waals surface area contributed by atoms with E-state index in [4.69, 9.17) is 14.2 Å². The highest BCUT2D eigenvalue weighted by Crippen LogP contribution is 2.31. The van der Waals surface area contributed by atoms with E-state index in [0.717, 1.165) is 10.4 Å². The molecular weight excluding hydrogens is 354 g/mol. The number of aryl methyl sites for hydroxylation is 1. The van der Waals surface area contributed by atoms with E-state index in [0.29, 0.717) is 24.5 Å². The smallest absolute Gasteiger partial charge is 0.306 e. The third-order valence-electron chi connectivity index (χ3n) is 3.84. The minimum atomic E-state index is -0.423. The molecule has 2 rings (SSSR count). The molecule has 0 bridgehead atoms. The first-order valence-corrected chi connectivity index (χ1v) is 9.05. The van der Waals surface area contributed by atoms with Crippen molar-refractivity contribution in [2.45, 2.75) is 19.4 Å². The van der Waals surface area contributed by atoms with Crippen molar-refractivity contribution in [1.82, 2.24) is 4.90 Å². The highest BCUT2D eigenvalue weighted by atomic mass is 32.1. The first kappa shape index (κ1) is 19.8. The summed E-state index contributed by atoms with van der Waals surface area (Å²) in [6.45, 7) is 0.255. The number of carbonyl (C=O) groups is 2. The van der Waals surface area contributed by atoms with Gasteiger partial charge in [0.2, 0.25) is 0 Å². The van der Waals surface area contributed by atoms with E-state index >= 15 is 0 Å². The van der Waals surface area contributed by atoms with Crippen LogP contribution in [0.5, 0.6) is 11.5 Å². The van der Waals surface area contributed by atoms with E-state index in [2.05, 4.69) is 0 Å². The molecule has 2 aromatic rings. The van der Waals surface area contributed by atoms with Crippen LogP contribution >= 0.6 is 11.3 Å². The summed E-state index contributed by atoms with van der Waals surface area (Å²) in [6.07, 6.45) is 0.601. The molecule has 1 aromatic heterocycles. The van der Waals surface area contributed by atoms with Gasteiger partial charge in [-0.15, -0.1) is 11.3 Å². The summed E-state index contributed by atoms with van der Waals surface area (Å²) in [7, 11) is 4.81. The number of esters is 1. The van der Waals surface area contributed by atoms with E-state index in [1.54, 1.807) is 43.6 Å². The van der Waals surface area contributed by atoms with Gasteiger partial charge in [-0.1, -0.05) is 18.2 Å². The Balaban J connectivity index is 1.79. The van der Waals surface area contributed by atoms with Crippen LogP contribution < -0.4 is 9.47 Å². The second-order valence-electron chi connectivity index (χ2n) is 5.64. The number of likely N-dealkylation sites (N-methyl/N-ethyl adjacent to an activating group) is 1. The van der Waals surface area contributed by atoms with Gasteiger partial charge in [-0.3, -0.25) is 9.59 Å². The van der Waals surface area contributed by atoms with Crippen molar-refractivity contribution < 1.29 is 23.8 Å². The molecule has 0 fully saturated rings. The Morgan fingerprint density at radius 2 is 1.92 bits per heavy atom. The number of amides is 1. The fraction of sp³-hybridized carbons (Fsp3) is 0.368. The number of carbonyl (C=O) groups excluding carboxylic acids is 2. The molecule has 6 nitrogen and oxygen atoms in total. The number of ether oxygens (including phenoxy) is 3. The molecular formula is C19H23NO5S. The molecule has 1 heterocycles. The second-order valence-corrected chi connectivity index (χ2v) is 6.67. The van der Waals surface area contributed by atoms with E-state index < -0.39 is 5.97 Å². The van der Waals surface area contributed by atoms with Crippen molar-refractivity contribution in [2.24, 2.45) is 0 Å². The number of hydrogen-bond donors (Lipinski definition) is 0. The van der Waals surface area contributed by atoms with Crippen LogP contribution in [-0.4, -0.2) is 44.7 Å². The topological polar surface area (TPSA) is 65.1 Å². The Morgan fingerprint density at radius 3 is 2.58 bits per heavy atom. The number of rotatable bonds is 9. The fourth-order valence-corrected chi connectivity index (χ4v) is 3.19. The zero-order valence-electron chi connectivity index (χ0n) is 15.2. The first-order chi connectivity index (χ1) is 12.5. The van der Waals surface area contributed by atoms with Crippen molar-refractivity contribution in [1.29, 1.82) is 0 Å². The summed E-state index contributed by atoms with van der Waals surface area (Å²) in [5.74, 6) is 0.566. The van der Waals surface area contributed by atoms with Crippen molar-refractivity contribution in [3.8, 4) is 11.5 Å². The summed E-state index contributed by atoms with van der Waals surface area (Å²) in [6, 6.07) is 9.40. The Bertz CT molecular complexity index is 730. The van der Waals surface area contributed by atoms with Crippen LogP contribution in [0.25, 0.3) is 0 Å². The molecule has 0 unspecified atom stereocenters. The second kappa shape index (κ2) is 9.82. The lowest BCUT2D eigenvalue weighted by Crippen LogP contribution is -2.30. The van der Waals surface area contributed by atoms with Crippen molar-refractivity contribution in [3.05, 3.63) is 46.2 Å². The van der Waals surface area contributed by atoms with Crippen LogP contribution in [0.3, 0.4) is 0 Å². The van der Waals surface area contributed by atoms with Crippen molar-refractivity contribution in [3.63, 3.8) is 0 Å². The van der Waals surface area contributed by atoms with Crippen molar-refractivity contribution >= 4 is 23.2 Å². The molecule has 7 heteroatoms. The first-order valence-electron chi connectivity index (χ1n) is 8.17. The van der Waals surface area contributed by atoms with Gasteiger partial charge in [0.15, 0.2) is 18.1 Å².